The van der Waals surface area contributed by atoms with E-state index < -0.39 is 0 Å². The molecule has 1 aliphatic rings. The Morgan fingerprint density at radius 1 is 1.46 bits per heavy atom. The van der Waals surface area contributed by atoms with Crippen molar-refractivity contribution in [1.82, 2.24) is 14.5 Å². The molecule has 2 aromatic rings. The van der Waals surface area contributed by atoms with Crippen molar-refractivity contribution in [3.05, 3.63) is 60.2 Å². The number of aromatic nitrogens is 2. The Morgan fingerprint density at radius 3 is 2.88 bits per heavy atom. The summed E-state index contributed by atoms with van der Waals surface area (Å²) >= 11 is 0. The number of hydrogen-bond acceptors (Lipinski definition) is 3. The minimum absolute atomic E-state index is 0.0290. The van der Waals surface area contributed by atoms with E-state index in [9.17, 15) is 4.79 Å². The van der Waals surface area contributed by atoms with Crippen LogP contribution < -0.4 is 4.74 Å². The molecule has 126 valence electrons. The van der Waals surface area contributed by atoms with Gasteiger partial charge in [-0.05, 0) is 43.5 Å². The Labute approximate surface area is 142 Å². The molecular weight excluding hydrogens is 302 g/mol. The molecule has 24 heavy (non-hydrogen) atoms. The summed E-state index contributed by atoms with van der Waals surface area (Å²) in [6.07, 6.45) is 5.78. The summed E-state index contributed by atoms with van der Waals surface area (Å²) in [6, 6.07) is 7.67. The largest absolute Gasteiger partial charge is 0.489 e. The van der Waals surface area contributed by atoms with Gasteiger partial charge < -0.3 is 14.2 Å². The highest BCUT2D eigenvalue weighted by atomic mass is 16.5. The van der Waals surface area contributed by atoms with Crippen molar-refractivity contribution in [2.45, 2.75) is 32.4 Å². The average Bonchev–Trinajstić information content (AvgIpc) is 3.33. The van der Waals surface area contributed by atoms with Crippen LogP contribution in [0, 0.1) is 0 Å². The summed E-state index contributed by atoms with van der Waals surface area (Å²) in [4.78, 5) is 19.2. The van der Waals surface area contributed by atoms with Crippen LogP contribution in [0.15, 0.2) is 48.8 Å². The van der Waals surface area contributed by atoms with E-state index in [1.807, 2.05) is 47.8 Å². The summed E-state index contributed by atoms with van der Waals surface area (Å²) in [6.45, 7) is 6.73. The van der Waals surface area contributed by atoms with Crippen LogP contribution in [0.3, 0.4) is 0 Å². The van der Waals surface area contributed by atoms with Crippen molar-refractivity contribution in [2.75, 3.05) is 6.61 Å². The van der Waals surface area contributed by atoms with Gasteiger partial charge in [0.2, 0.25) is 0 Å². The topological polar surface area (TPSA) is 47.4 Å². The first-order valence-corrected chi connectivity index (χ1v) is 8.19. The van der Waals surface area contributed by atoms with E-state index in [-0.39, 0.29) is 5.91 Å². The zero-order valence-corrected chi connectivity index (χ0v) is 14.2. The highest BCUT2D eigenvalue weighted by Gasteiger charge is 2.33. The molecule has 0 unspecified atom stereocenters. The monoisotopic (exact) mass is 325 g/mol. The molecule has 1 aliphatic carbocycles. The summed E-state index contributed by atoms with van der Waals surface area (Å²) in [5.41, 5.74) is 1.59. The van der Waals surface area contributed by atoms with Gasteiger partial charge in [-0.15, -0.1) is 0 Å². The predicted molar refractivity (Wildman–Crippen MR) is 92.9 cm³/mol. The molecule has 0 radical (unpaired) electrons. The van der Waals surface area contributed by atoms with Crippen LogP contribution in [0.25, 0.3) is 0 Å². The van der Waals surface area contributed by atoms with E-state index in [0.717, 1.165) is 24.2 Å². The standard InChI is InChI=1S/C19H23N3O2/c1-14(2)13-24-17-6-4-5-15(11-17)19(23)22(16-7-8-16)12-18-20-9-10-21(18)3/h4-6,9-11,16H,1,7-8,12-13H2,2-3H3. The number of rotatable bonds is 7. The Balaban J connectivity index is 1.76. The molecule has 0 atom stereocenters. The fourth-order valence-corrected chi connectivity index (χ4v) is 2.55. The second-order valence-corrected chi connectivity index (χ2v) is 6.39. The van der Waals surface area contributed by atoms with Crippen molar-refractivity contribution < 1.29 is 9.53 Å². The van der Waals surface area contributed by atoms with Gasteiger partial charge in [-0.2, -0.15) is 0 Å². The van der Waals surface area contributed by atoms with Gasteiger partial charge in [0.1, 0.15) is 18.2 Å². The third-order valence-corrected chi connectivity index (χ3v) is 4.05. The fraction of sp³-hybridized carbons (Fsp3) is 0.368. The van der Waals surface area contributed by atoms with E-state index in [1.54, 1.807) is 12.3 Å². The summed E-state index contributed by atoms with van der Waals surface area (Å²) in [5, 5.41) is 0. The minimum Gasteiger partial charge on any atom is -0.489 e. The molecule has 0 bridgehead atoms. The number of benzene rings is 1. The zero-order chi connectivity index (χ0) is 17.1. The van der Waals surface area contributed by atoms with Gasteiger partial charge in [-0.25, -0.2) is 4.98 Å². The minimum atomic E-state index is 0.0290. The molecule has 1 saturated carbocycles. The zero-order valence-electron chi connectivity index (χ0n) is 14.2. The first-order chi connectivity index (χ1) is 11.5. The van der Waals surface area contributed by atoms with Gasteiger partial charge in [-0.3, -0.25) is 4.79 Å². The normalized spacial score (nSPS) is 13.6. The Bertz CT molecular complexity index is 747. The Morgan fingerprint density at radius 2 is 2.25 bits per heavy atom. The average molecular weight is 325 g/mol. The van der Waals surface area contributed by atoms with Crippen molar-refractivity contribution in [1.29, 1.82) is 0 Å². The van der Waals surface area contributed by atoms with Gasteiger partial charge in [-0.1, -0.05) is 12.6 Å². The van der Waals surface area contributed by atoms with Gasteiger partial charge in [0.15, 0.2) is 0 Å². The molecule has 5 nitrogen and oxygen atoms in total. The Kier molecular flexibility index (Phi) is 4.69. The number of amides is 1. The van der Waals surface area contributed by atoms with E-state index in [2.05, 4.69) is 11.6 Å². The first-order valence-electron chi connectivity index (χ1n) is 8.19. The van der Waals surface area contributed by atoms with Gasteiger partial charge in [0.25, 0.3) is 5.91 Å². The summed E-state index contributed by atoms with van der Waals surface area (Å²) < 4.78 is 7.61. The molecule has 1 amide bonds. The van der Waals surface area contributed by atoms with E-state index >= 15 is 0 Å². The highest BCUT2D eigenvalue weighted by molar-refractivity contribution is 5.95. The number of ether oxygens (including phenoxy) is 1. The van der Waals surface area contributed by atoms with Crippen LogP contribution in [0.5, 0.6) is 5.75 Å². The molecule has 0 aliphatic heterocycles. The van der Waals surface area contributed by atoms with Gasteiger partial charge in [0, 0.05) is 31.0 Å². The maximum atomic E-state index is 13.0. The molecule has 3 rings (SSSR count). The third kappa shape index (κ3) is 3.85. The SMILES string of the molecule is C=C(C)COc1cccc(C(=O)N(Cc2nccn2C)C2CC2)c1. The van der Waals surface area contributed by atoms with Crippen molar-refractivity contribution in [3.63, 3.8) is 0 Å². The molecule has 1 aromatic heterocycles. The lowest BCUT2D eigenvalue weighted by Crippen LogP contribution is -2.33. The van der Waals surface area contributed by atoms with Crippen molar-refractivity contribution >= 4 is 5.91 Å². The number of nitrogens with zero attached hydrogens (tertiary/aromatic N) is 3. The second kappa shape index (κ2) is 6.91. The van der Waals surface area contributed by atoms with Crippen LogP contribution in [-0.2, 0) is 13.6 Å². The molecule has 5 heteroatoms. The lowest BCUT2D eigenvalue weighted by Gasteiger charge is -2.22. The molecule has 0 N–H and O–H groups in total. The van der Waals surface area contributed by atoms with Crippen LogP contribution in [0.1, 0.15) is 35.9 Å². The molecule has 1 heterocycles. The fourth-order valence-electron chi connectivity index (χ4n) is 2.55. The first kappa shape index (κ1) is 16.3. The van der Waals surface area contributed by atoms with Crippen LogP contribution in [-0.4, -0.2) is 33.0 Å². The number of carbonyl (C=O) groups is 1. The van der Waals surface area contributed by atoms with Gasteiger partial charge in [0.05, 0.1) is 6.54 Å². The van der Waals surface area contributed by atoms with Crippen LogP contribution >= 0.6 is 0 Å². The third-order valence-electron chi connectivity index (χ3n) is 4.05. The molecule has 1 fully saturated rings. The summed E-state index contributed by atoms with van der Waals surface area (Å²) in [7, 11) is 1.95. The Hall–Kier alpha value is -2.56. The maximum Gasteiger partial charge on any atom is 0.254 e. The quantitative estimate of drug-likeness (QED) is 0.735. The maximum absolute atomic E-state index is 13.0. The van der Waals surface area contributed by atoms with Crippen LogP contribution in [0.2, 0.25) is 0 Å². The molecule has 0 spiro atoms. The second-order valence-electron chi connectivity index (χ2n) is 6.39. The number of imidazole rings is 1. The smallest absolute Gasteiger partial charge is 0.254 e. The number of carbonyl (C=O) groups excluding carboxylic acids is 1. The van der Waals surface area contributed by atoms with E-state index in [0.29, 0.717) is 30.5 Å². The lowest BCUT2D eigenvalue weighted by molar-refractivity contribution is 0.0723. The van der Waals surface area contributed by atoms with Crippen molar-refractivity contribution in [2.24, 2.45) is 7.05 Å². The highest BCUT2D eigenvalue weighted by Crippen LogP contribution is 2.30. The summed E-state index contributed by atoms with van der Waals surface area (Å²) in [5.74, 6) is 1.61. The lowest BCUT2D eigenvalue weighted by atomic mass is 10.2. The molecular formula is C19H23N3O2. The van der Waals surface area contributed by atoms with Crippen molar-refractivity contribution in [3.8, 4) is 5.75 Å². The van der Waals surface area contributed by atoms with E-state index in [4.69, 9.17) is 4.74 Å². The van der Waals surface area contributed by atoms with Gasteiger partial charge >= 0.3 is 0 Å². The van der Waals surface area contributed by atoms with E-state index in [1.165, 1.54) is 0 Å². The predicted octanol–water partition coefficient (Wildman–Crippen LogP) is 3.18. The molecule has 0 saturated heterocycles. The number of hydrogen-bond donors (Lipinski definition) is 0. The van der Waals surface area contributed by atoms with Crippen LogP contribution in [0.4, 0.5) is 0 Å². The number of aryl methyl sites for hydroxylation is 1. The molecule has 1 aromatic carbocycles.